The summed E-state index contributed by atoms with van der Waals surface area (Å²) in [4.78, 5) is 0. The molecule has 0 bridgehead atoms. The molecule has 1 aliphatic rings. The number of rotatable bonds is 4. The maximum absolute atomic E-state index is 12.8. The van der Waals surface area contributed by atoms with E-state index in [1.54, 1.807) is 0 Å². The normalized spacial score (nSPS) is 16.0. The Balaban J connectivity index is 1.93. The van der Waals surface area contributed by atoms with Crippen LogP contribution in [0.5, 0.6) is 0 Å². The molecule has 0 unspecified atom stereocenters. The Bertz CT molecular complexity index is 842. The van der Waals surface area contributed by atoms with Crippen molar-refractivity contribution >= 4 is 21.6 Å². The number of nitrogens with zero attached hydrogens (tertiary/aromatic N) is 4. The van der Waals surface area contributed by atoms with E-state index in [9.17, 15) is 8.42 Å². The summed E-state index contributed by atoms with van der Waals surface area (Å²) in [6, 6.07) is 7.47. The summed E-state index contributed by atoms with van der Waals surface area (Å²) in [6.45, 7) is 6.68. The molecule has 0 radical (unpaired) electrons. The first-order valence-electron chi connectivity index (χ1n) is 7.76. The second-order valence-corrected chi connectivity index (χ2v) is 7.53. The molecule has 0 aliphatic carbocycles. The van der Waals surface area contributed by atoms with Crippen LogP contribution in [0.4, 0.5) is 11.4 Å². The van der Waals surface area contributed by atoms with Crippen LogP contribution in [-0.4, -0.2) is 31.3 Å². The van der Waals surface area contributed by atoms with Gasteiger partial charge in [-0.05, 0) is 44.9 Å². The standard InChI is InChI=1S/C16H22N4O2S/c1-5-19-15-8-6-7-9-16(15)20(23(19,21)22)11-10-14-12(2)17-18(4)13(14)3/h6-9H,5,10-11H2,1-4H3. The van der Waals surface area contributed by atoms with Gasteiger partial charge in [0.05, 0.1) is 17.1 Å². The van der Waals surface area contributed by atoms with Crippen molar-refractivity contribution in [2.75, 3.05) is 21.7 Å². The van der Waals surface area contributed by atoms with Crippen LogP contribution in [0.15, 0.2) is 24.3 Å². The van der Waals surface area contributed by atoms with E-state index < -0.39 is 10.2 Å². The highest BCUT2D eigenvalue weighted by molar-refractivity contribution is 7.94. The van der Waals surface area contributed by atoms with Gasteiger partial charge in [0.2, 0.25) is 0 Å². The number of hydrogen-bond donors (Lipinski definition) is 0. The van der Waals surface area contributed by atoms with Crippen molar-refractivity contribution in [3.05, 3.63) is 41.2 Å². The Kier molecular flexibility index (Phi) is 3.83. The molecule has 1 aliphatic heterocycles. The molecule has 0 saturated carbocycles. The number of hydrogen-bond acceptors (Lipinski definition) is 3. The second-order valence-electron chi connectivity index (χ2n) is 5.76. The predicted molar refractivity (Wildman–Crippen MR) is 92.1 cm³/mol. The fraction of sp³-hybridized carbons (Fsp3) is 0.438. The van der Waals surface area contributed by atoms with Crippen molar-refractivity contribution in [2.24, 2.45) is 7.05 Å². The average molecular weight is 334 g/mol. The molecule has 0 amide bonds. The third-order valence-corrected chi connectivity index (χ3v) is 6.44. The summed E-state index contributed by atoms with van der Waals surface area (Å²) in [6.07, 6.45) is 0.649. The fourth-order valence-electron chi connectivity index (χ4n) is 3.22. The van der Waals surface area contributed by atoms with Crippen molar-refractivity contribution in [3.63, 3.8) is 0 Å². The molecule has 7 heteroatoms. The van der Waals surface area contributed by atoms with Gasteiger partial charge in [-0.15, -0.1) is 0 Å². The zero-order chi connectivity index (χ0) is 16.8. The molecule has 1 aromatic carbocycles. The maximum Gasteiger partial charge on any atom is 0.326 e. The molecule has 2 heterocycles. The van der Waals surface area contributed by atoms with Crippen LogP contribution in [0.3, 0.4) is 0 Å². The highest BCUT2D eigenvalue weighted by atomic mass is 32.2. The molecular weight excluding hydrogens is 312 g/mol. The summed E-state index contributed by atoms with van der Waals surface area (Å²) in [7, 11) is -1.58. The van der Waals surface area contributed by atoms with Crippen molar-refractivity contribution in [1.82, 2.24) is 9.78 Å². The van der Waals surface area contributed by atoms with Gasteiger partial charge in [-0.3, -0.25) is 13.3 Å². The van der Waals surface area contributed by atoms with Crippen LogP contribution in [0.25, 0.3) is 0 Å². The molecule has 124 valence electrons. The van der Waals surface area contributed by atoms with Crippen molar-refractivity contribution in [2.45, 2.75) is 27.2 Å². The summed E-state index contributed by atoms with van der Waals surface area (Å²) >= 11 is 0. The van der Waals surface area contributed by atoms with E-state index in [1.807, 2.05) is 56.8 Å². The smallest absolute Gasteiger partial charge is 0.272 e. The topological polar surface area (TPSA) is 58.4 Å². The molecule has 3 rings (SSSR count). The van der Waals surface area contributed by atoms with Crippen LogP contribution in [0.2, 0.25) is 0 Å². The fourth-order valence-corrected chi connectivity index (χ4v) is 4.91. The lowest BCUT2D eigenvalue weighted by atomic mass is 10.1. The highest BCUT2D eigenvalue weighted by Gasteiger charge is 2.38. The van der Waals surface area contributed by atoms with Gasteiger partial charge in [0.25, 0.3) is 0 Å². The Labute approximate surface area is 137 Å². The molecule has 6 nitrogen and oxygen atoms in total. The van der Waals surface area contributed by atoms with E-state index in [0.717, 1.165) is 28.3 Å². The van der Waals surface area contributed by atoms with Gasteiger partial charge in [-0.25, -0.2) is 0 Å². The number of para-hydroxylation sites is 2. The molecule has 23 heavy (non-hydrogen) atoms. The first kappa shape index (κ1) is 15.9. The van der Waals surface area contributed by atoms with Gasteiger partial charge in [0, 0.05) is 25.8 Å². The lowest BCUT2D eigenvalue weighted by Crippen LogP contribution is -2.38. The molecule has 2 aromatic rings. The van der Waals surface area contributed by atoms with Crippen LogP contribution < -0.4 is 8.61 Å². The highest BCUT2D eigenvalue weighted by Crippen LogP contribution is 2.40. The number of aromatic nitrogens is 2. The van der Waals surface area contributed by atoms with Crippen molar-refractivity contribution in [3.8, 4) is 0 Å². The minimum Gasteiger partial charge on any atom is -0.272 e. The molecule has 0 atom stereocenters. The van der Waals surface area contributed by atoms with Crippen molar-refractivity contribution < 1.29 is 8.42 Å². The summed E-state index contributed by atoms with van der Waals surface area (Å²) < 4.78 is 30.4. The summed E-state index contributed by atoms with van der Waals surface area (Å²) in [5.41, 5.74) is 4.68. The number of anilines is 2. The van der Waals surface area contributed by atoms with Gasteiger partial charge in [-0.2, -0.15) is 13.5 Å². The zero-order valence-electron chi connectivity index (χ0n) is 13.9. The summed E-state index contributed by atoms with van der Waals surface area (Å²) in [5.74, 6) is 0. The van der Waals surface area contributed by atoms with E-state index >= 15 is 0 Å². The molecule has 0 N–H and O–H groups in total. The Hall–Kier alpha value is -2.02. The van der Waals surface area contributed by atoms with Gasteiger partial charge < -0.3 is 0 Å². The third-order valence-electron chi connectivity index (χ3n) is 4.49. The summed E-state index contributed by atoms with van der Waals surface area (Å²) in [5, 5.41) is 4.41. The van der Waals surface area contributed by atoms with Crippen LogP contribution >= 0.6 is 0 Å². The van der Waals surface area contributed by atoms with E-state index in [4.69, 9.17) is 0 Å². The van der Waals surface area contributed by atoms with Gasteiger partial charge in [-0.1, -0.05) is 12.1 Å². The van der Waals surface area contributed by atoms with Crippen molar-refractivity contribution in [1.29, 1.82) is 0 Å². The monoisotopic (exact) mass is 334 g/mol. The molecule has 1 aromatic heterocycles. The molecule has 0 spiro atoms. The minimum absolute atomic E-state index is 0.420. The second kappa shape index (κ2) is 5.56. The predicted octanol–water partition coefficient (Wildman–Crippen LogP) is 2.17. The lowest BCUT2D eigenvalue weighted by Gasteiger charge is -2.20. The first-order valence-corrected chi connectivity index (χ1v) is 9.16. The van der Waals surface area contributed by atoms with Gasteiger partial charge in [0.1, 0.15) is 0 Å². The average Bonchev–Trinajstić information content (AvgIpc) is 2.87. The van der Waals surface area contributed by atoms with Gasteiger partial charge in [0.15, 0.2) is 0 Å². The Morgan fingerprint density at radius 1 is 1.09 bits per heavy atom. The van der Waals surface area contributed by atoms with Gasteiger partial charge >= 0.3 is 10.2 Å². The number of aryl methyl sites for hydroxylation is 2. The van der Waals surface area contributed by atoms with E-state index in [0.29, 0.717) is 19.5 Å². The minimum atomic E-state index is -3.49. The molecule has 0 saturated heterocycles. The van der Waals surface area contributed by atoms with E-state index in [-0.39, 0.29) is 0 Å². The van der Waals surface area contributed by atoms with Crippen LogP contribution in [0.1, 0.15) is 23.9 Å². The quantitative estimate of drug-likeness (QED) is 0.861. The Morgan fingerprint density at radius 2 is 1.70 bits per heavy atom. The van der Waals surface area contributed by atoms with Crippen LogP contribution in [-0.2, 0) is 23.7 Å². The third kappa shape index (κ3) is 2.39. The maximum atomic E-state index is 12.8. The number of benzene rings is 1. The van der Waals surface area contributed by atoms with Crippen LogP contribution in [0, 0.1) is 13.8 Å². The Morgan fingerprint density at radius 3 is 2.22 bits per heavy atom. The van der Waals surface area contributed by atoms with E-state index in [2.05, 4.69) is 5.10 Å². The first-order chi connectivity index (χ1) is 10.9. The number of fused-ring (bicyclic) bond motifs is 1. The lowest BCUT2D eigenvalue weighted by molar-refractivity contribution is 0.589. The SMILES string of the molecule is CCN1c2ccccc2N(CCc2c(C)nn(C)c2C)S1(=O)=O. The molecular formula is C16H22N4O2S. The van der Waals surface area contributed by atoms with E-state index in [1.165, 1.54) is 8.61 Å². The molecule has 0 fully saturated rings. The largest absolute Gasteiger partial charge is 0.326 e. The zero-order valence-corrected chi connectivity index (χ0v) is 14.8.